The summed E-state index contributed by atoms with van der Waals surface area (Å²) in [5.41, 5.74) is 15.5. The topological polar surface area (TPSA) is 448 Å². The number of Topliss-reactive ketones (excluding diaryl/α,β-unsaturated/α-hetero) is 1. The van der Waals surface area contributed by atoms with Gasteiger partial charge in [0, 0.05) is 57.5 Å². The molecule has 0 spiro atoms. The predicted octanol–water partition coefficient (Wildman–Crippen LogP) is 11.9. The van der Waals surface area contributed by atoms with Crippen molar-refractivity contribution in [2.24, 2.45) is 17.2 Å². The van der Waals surface area contributed by atoms with Gasteiger partial charge in [-0.15, -0.1) is 0 Å². The Kier molecular flexibility index (Phi) is 186. The minimum Gasteiger partial charge on any atom is -0.481 e. The predicted molar refractivity (Wildman–Crippen MR) is 369 cm³/mol. The van der Waals surface area contributed by atoms with Crippen molar-refractivity contribution >= 4 is 73.4 Å². The lowest BCUT2D eigenvalue weighted by atomic mass is 10.2. The lowest BCUT2D eigenvalue weighted by molar-refractivity contribution is -0.193. The average Bonchev–Trinajstić information content (AvgIpc) is 4.18. The van der Waals surface area contributed by atoms with Gasteiger partial charge in [-0.05, 0) is 77.8 Å². The molecule has 2 rings (SSSR count). The number of nitrogens with one attached hydrogen (secondary N) is 3. The zero-order valence-corrected chi connectivity index (χ0v) is 57.5. The molecule has 2 saturated carbocycles. The second kappa shape index (κ2) is 146. The van der Waals surface area contributed by atoms with E-state index in [2.05, 4.69) is 63.4 Å². The molecule has 2 aliphatic carbocycles. The van der Waals surface area contributed by atoms with Crippen molar-refractivity contribution < 1.29 is 92.0 Å². The van der Waals surface area contributed by atoms with Crippen LogP contribution in [0.3, 0.4) is 0 Å². The van der Waals surface area contributed by atoms with Crippen LogP contribution < -0.4 is 33.2 Å². The number of nitrogens with two attached hydrogens (primary N) is 3. The van der Waals surface area contributed by atoms with E-state index in [0.717, 1.165) is 122 Å². The number of carboxylic acid groups (broad SMARTS) is 3. The molecule has 0 aliphatic heterocycles. The number of amides is 4. The van der Waals surface area contributed by atoms with Crippen LogP contribution in [0.4, 0.5) is 0 Å². The van der Waals surface area contributed by atoms with Crippen LogP contribution >= 0.6 is 0 Å². The molecule has 0 saturated heterocycles. The van der Waals surface area contributed by atoms with Crippen LogP contribution in [0.25, 0.3) is 0 Å². The minimum absolute atomic E-state index is 0. The maximum atomic E-state index is 10.7. The molecule has 12 N–H and O–H groups in total. The van der Waals surface area contributed by atoms with Crippen LogP contribution in [0.1, 0.15) is 261 Å². The lowest BCUT2D eigenvalue weighted by Gasteiger charge is -1.95. The first-order valence-corrected chi connectivity index (χ1v) is 31.9. The summed E-state index contributed by atoms with van der Waals surface area (Å²) in [5.74, 6) is -2.39. The Hall–Kier alpha value is -8.16. The number of unbranched alkanes of at least 4 members (excludes halogenated alkanes) is 12. The number of primary amides is 1. The third-order valence-electron chi connectivity index (χ3n) is 10.4. The number of allylic oxidation sites excluding steroid dienone is 7. The van der Waals surface area contributed by atoms with E-state index in [0.29, 0.717) is 31.6 Å². The van der Waals surface area contributed by atoms with Crippen LogP contribution in [0, 0.1) is 0 Å². The van der Waals surface area contributed by atoms with Gasteiger partial charge in [0.1, 0.15) is 5.78 Å². The van der Waals surface area contributed by atoms with E-state index in [4.69, 9.17) is 70.9 Å². The van der Waals surface area contributed by atoms with Gasteiger partial charge in [0.15, 0.2) is 0 Å². The molecule has 0 aromatic rings. The molecule has 0 unspecified atom stereocenters. The number of carbonyl (C=O) groups is 8. The van der Waals surface area contributed by atoms with Crippen LogP contribution in [-0.4, -0.2) is 121 Å². The van der Waals surface area contributed by atoms with Crippen molar-refractivity contribution in [1.82, 2.24) is 16.0 Å². The fourth-order valence-electron chi connectivity index (χ4n) is 5.90. The molecule has 2 aliphatic rings. The summed E-state index contributed by atoms with van der Waals surface area (Å²) in [7, 11) is 0. The third-order valence-corrected chi connectivity index (χ3v) is 10.4. The van der Waals surface area contributed by atoms with Gasteiger partial charge in [0.2, 0.25) is 25.1 Å². The highest BCUT2D eigenvalue weighted by Crippen LogP contribution is 2.15. The Labute approximate surface area is 564 Å². The highest BCUT2D eigenvalue weighted by molar-refractivity contribution is 5.80. The molecule has 0 aromatic carbocycles. The molecule has 2 fully saturated rings. The Morgan fingerprint density at radius 1 is 0.436 bits per heavy atom. The number of carbonyl (C=O) groups excluding carboxylic acids is 13. The van der Waals surface area contributed by atoms with Crippen molar-refractivity contribution in [2.75, 3.05) is 32.7 Å². The second-order valence-electron chi connectivity index (χ2n) is 18.6. The van der Waals surface area contributed by atoms with Crippen molar-refractivity contribution in [3.05, 3.63) is 74.4 Å². The van der Waals surface area contributed by atoms with E-state index < -0.39 is 17.9 Å². The minimum atomic E-state index is -0.945. The first kappa shape index (κ1) is 120. The van der Waals surface area contributed by atoms with E-state index in [1.807, 2.05) is 26.0 Å². The number of hydrogen-bond donors (Lipinski definition) is 9. The largest absolute Gasteiger partial charge is 0.481 e. The molecule has 0 radical (unpaired) electrons. The first-order valence-electron chi connectivity index (χ1n) is 31.9. The van der Waals surface area contributed by atoms with Crippen LogP contribution in [0.15, 0.2) is 74.4 Å². The molecule has 0 atom stereocenters. The Morgan fingerprint density at radius 2 is 0.713 bits per heavy atom. The molecule has 4 amide bonds. The number of aliphatic carboxylic acids is 3. The van der Waals surface area contributed by atoms with Gasteiger partial charge in [-0.3, -0.25) is 28.8 Å². The molecule has 94 heavy (non-hydrogen) atoms. The second-order valence-corrected chi connectivity index (χ2v) is 18.6. The van der Waals surface area contributed by atoms with E-state index in [-0.39, 0.29) is 37.9 Å². The van der Waals surface area contributed by atoms with E-state index in [9.17, 15) is 38.4 Å². The Morgan fingerprint density at radius 3 is 0.936 bits per heavy atom. The van der Waals surface area contributed by atoms with Crippen molar-refractivity contribution in [1.29, 1.82) is 0 Å². The summed E-state index contributed by atoms with van der Waals surface area (Å²) in [4.78, 5) is 144. The Bertz CT molecular complexity index is 1690. The van der Waals surface area contributed by atoms with Crippen molar-refractivity contribution in [3.8, 4) is 0 Å². The highest BCUT2D eigenvalue weighted by atomic mass is 16.4. The molecule has 0 aromatic heterocycles. The summed E-state index contributed by atoms with van der Waals surface area (Å²) in [5, 5.41) is 31.5. The normalized spacial score (nSPS) is 10.4. The van der Waals surface area contributed by atoms with Gasteiger partial charge in [0.05, 0.1) is 0 Å². The number of ketones is 1. The zero-order valence-electron chi connectivity index (χ0n) is 57.5. The summed E-state index contributed by atoms with van der Waals surface area (Å²) >= 11 is 0. The lowest BCUT2D eigenvalue weighted by Crippen LogP contribution is -2.14. The van der Waals surface area contributed by atoms with Crippen molar-refractivity contribution in [2.45, 2.75) is 261 Å². The van der Waals surface area contributed by atoms with Gasteiger partial charge in [-0.25, -0.2) is 9.59 Å². The van der Waals surface area contributed by atoms with Gasteiger partial charge in [0.25, 0.3) is 0 Å². The fraction of sp³-hybridized carbons (Fsp3) is 0.652. The van der Waals surface area contributed by atoms with Gasteiger partial charge in [-0.2, -0.15) is 38.4 Å². The van der Waals surface area contributed by atoms with E-state index in [1.165, 1.54) is 153 Å². The van der Waals surface area contributed by atoms with Crippen molar-refractivity contribution in [3.63, 3.8) is 0 Å². The molecule has 0 bridgehead atoms. The maximum Gasteiger partial charge on any atom is 0.373 e. The van der Waals surface area contributed by atoms with Gasteiger partial charge >= 0.3 is 42.5 Å². The van der Waals surface area contributed by atoms with E-state index in [1.54, 1.807) is 6.08 Å². The number of hydrogen-bond acceptors (Lipinski definition) is 18. The first-order chi connectivity index (χ1) is 44.7. The zero-order chi connectivity index (χ0) is 74.2. The summed E-state index contributed by atoms with van der Waals surface area (Å²) in [6.07, 6.45) is 54.8. The van der Waals surface area contributed by atoms with Gasteiger partial charge in [-0.1, -0.05) is 233 Å². The van der Waals surface area contributed by atoms with Crippen LogP contribution in [-0.2, 0) is 76.7 Å². The monoisotopic (exact) mass is 1340 g/mol. The average molecular weight is 1350 g/mol. The molecule has 25 nitrogen and oxygen atoms in total. The quantitative estimate of drug-likeness (QED) is 0.00993. The molecule has 25 heteroatoms. The highest BCUT2D eigenvalue weighted by Gasteiger charge is 2.05. The number of rotatable bonds is 32. The standard InChI is InChI=1S/C7H17N.C7H12O.C7H14.C6H12N2O2.C6H13NO.C6H15N.C5H11NO.C5H10O2.2C5H6O2.C5H8.4CO2.CH4/c1-2-3-4-5-6-7-8;8-7-5-3-1-2-4-6-7;1-2-4-6-7-5-3-1;7-6(10)3-1-2-4-8-5-9;1-2-3-4-5-7-6-8;1-2-3-4-5-6-7;1-2-3-4-6-5-7;3*1-2-3-4-5(6)7;1-3-5-4-2;4*2-1-3;/h2-8H2,1H3;1-6H2;1-7H2;5H,1-4H2,(H2,7,10)(H,8,9);6H,2-5H2,1H3,(H,7,8);2-7H2,1H3;5H,2-4H2,1H3,(H,6,7);2-4H2,1H3,(H,6,7);2*2-4H,1H2,(H,6,7);3-5H,1H2,2H3;;;;;1H4/b;;;;;;;;2*4-3+;5-4-;;;;;. The maximum absolute atomic E-state index is 10.7. The number of carboxylic acids is 3. The summed E-state index contributed by atoms with van der Waals surface area (Å²) in [6.45, 7) is 26.6. The summed E-state index contributed by atoms with van der Waals surface area (Å²) < 4.78 is 0. The molecular formula is C69H128N6O19. The van der Waals surface area contributed by atoms with Gasteiger partial charge < -0.3 is 48.5 Å². The fourth-order valence-corrected chi connectivity index (χ4v) is 5.90. The van der Waals surface area contributed by atoms with Crippen LogP contribution in [0.5, 0.6) is 0 Å². The Balaban J connectivity index is -0.0000000614. The third kappa shape index (κ3) is 262. The summed E-state index contributed by atoms with van der Waals surface area (Å²) in [6, 6.07) is 0. The smallest absolute Gasteiger partial charge is 0.373 e. The van der Waals surface area contributed by atoms with Crippen LogP contribution in [0.2, 0.25) is 0 Å². The molecular weight excluding hydrogens is 1220 g/mol. The SMILES string of the molecule is C.C1CCCCCC1.C=C/C=C/C(=O)O.C=C/C=C/C(=O)O.C=C/C=C\C.CCCCC(=O)O.CCCCCCCN.CCCCCCN.CCCCCNC=O.CCCCNC=O.NC(=O)CCCCNC=O.O=C1CCCCCC1.O=C=O.O=C=O.O=C=O.O=C=O. The molecule has 548 valence electrons. The molecule has 0 heterocycles. The van der Waals surface area contributed by atoms with E-state index >= 15 is 0 Å².